The second kappa shape index (κ2) is 8.16. The van der Waals surface area contributed by atoms with Crippen molar-refractivity contribution in [2.75, 3.05) is 32.2 Å². The summed E-state index contributed by atoms with van der Waals surface area (Å²) in [6.07, 6.45) is 0.117. The van der Waals surface area contributed by atoms with Crippen molar-refractivity contribution in [1.82, 2.24) is 9.97 Å². The Balaban J connectivity index is 1.75. The molecule has 5 rings (SSSR count). The van der Waals surface area contributed by atoms with E-state index in [1.54, 1.807) is 25.3 Å². The molecule has 1 fully saturated rings. The van der Waals surface area contributed by atoms with E-state index in [4.69, 9.17) is 19.4 Å². The summed E-state index contributed by atoms with van der Waals surface area (Å²) in [5.41, 5.74) is 2.13. The fourth-order valence-electron chi connectivity index (χ4n) is 3.94. The molecule has 0 amide bonds. The molecule has 162 valence electrons. The van der Waals surface area contributed by atoms with Crippen LogP contribution in [0.3, 0.4) is 0 Å². The molecule has 0 aliphatic carbocycles. The molecule has 1 saturated heterocycles. The first-order chi connectivity index (χ1) is 15.6. The van der Waals surface area contributed by atoms with E-state index in [1.165, 1.54) is 13.2 Å². The van der Waals surface area contributed by atoms with Crippen LogP contribution in [-0.2, 0) is 4.74 Å². The van der Waals surface area contributed by atoms with E-state index in [0.29, 0.717) is 46.9 Å². The summed E-state index contributed by atoms with van der Waals surface area (Å²) in [5, 5.41) is 0.706. The molecule has 0 radical (unpaired) electrons. The van der Waals surface area contributed by atoms with E-state index >= 15 is 0 Å². The fourth-order valence-corrected chi connectivity index (χ4v) is 3.94. The summed E-state index contributed by atoms with van der Waals surface area (Å²) in [7, 11) is 3.22. The van der Waals surface area contributed by atoms with Gasteiger partial charge >= 0.3 is 0 Å². The number of fused-ring (bicyclic) bond motifs is 1. The number of hydrogen-bond donors (Lipinski definition) is 0. The lowest BCUT2D eigenvalue weighted by molar-refractivity contribution is 0.0785. The van der Waals surface area contributed by atoms with Gasteiger partial charge in [-0.25, -0.2) is 18.7 Å². The van der Waals surface area contributed by atoms with Gasteiger partial charge in [-0.15, -0.1) is 0 Å². The number of rotatable bonds is 5. The van der Waals surface area contributed by atoms with Crippen LogP contribution < -0.4 is 9.64 Å². The molecule has 32 heavy (non-hydrogen) atoms. The van der Waals surface area contributed by atoms with Gasteiger partial charge in [0, 0.05) is 36.7 Å². The zero-order valence-corrected chi connectivity index (χ0v) is 17.7. The summed E-state index contributed by atoms with van der Waals surface area (Å²) in [5.74, 6) is -0.0642. The minimum atomic E-state index is -0.902. The van der Waals surface area contributed by atoms with Crippen LogP contribution in [0.25, 0.3) is 33.4 Å². The number of benzene rings is 3. The Kier molecular flexibility index (Phi) is 5.19. The van der Waals surface area contributed by atoms with Crippen molar-refractivity contribution in [3.8, 4) is 28.3 Å². The Labute approximate surface area is 184 Å². The molecule has 1 aliphatic rings. The second-order valence-electron chi connectivity index (χ2n) is 7.68. The van der Waals surface area contributed by atoms with Crippen LogP contribution in [0.15, 0.2) is 60.7 Å². The van der Waals surface area contributed by atoms with Gasteiger partial charge in [0.05, 0.1) is 13.2 Å². The molecule has 7 heteroatoms. The molecular formula is C25H21F2N3O2. The van der Waals surface area contributed by atoms with Crippen molar-refractivity contribution in [2.45, 2.75) is 6.10 Å². The zero-order chi connectivity index (χ0) is 22.2. The maximum Gasteiger partial charge on any atom is 0.166 e. The minimum absolute atomic E-state index is 0.117. The van der Waals surface area contributed by atoms with Gasteiger partial charge in [-0.3, -0.25) is 0 Å². The van der Waals surface area contributed by atoms with Gasteiger partial charge in [0.25, 0.3) is 0 Å². The van der Waals surface area contributed by atoms with Crippen LogP contribution >= 0.6 is 0 Å². The van der Waals surface area contributed by atoms with Crippen molar-refractivity contribution in [3.63, 3.8) is 0 Å². The van der Waals surface area contributed by atoms with Gasteiger partial charge in [-0.2, -0.15) is 0 Å². The molecule has 0 atom stereocenters. The molecule has 0 N–H and O–H groups in total. The Morgan fingerprint density at radius 3 is 2.41 bits per heavy atom. The highest BCUT2D eigenvalue weighted by Crippen LogP contribution is 2.39. The first kappa shape index (κ1) is 20.3. The van der Waals surface area contributed by atoms with Crippen LogP contribution in [0.5, 0.6) is 5.75 Å². The Hall–Kier alpha value is -3.58. The topological polar surface area (TPSA) is 47.5 Å². The van der Waals surface area contributed by atoms with E-state index in [1.807, 2.05) is 30.3 Å². The van der Waals surface area contributed by atoms with Crippen molar-refractivity contribution in [1.29, 1.82) is 0 Å². The van der Waals surface area contributed by atoms with Crippen molar-refractivity contribution >= 4 is 16.7 Å². The van der Waals surface area contributed by atoms with Gasteiger partial charge in [0.1, 0.15) is 17.1 Å². The number of anilines is 1. The molecule has 5 nitrogen and oxygen atoms in total. The number of nitrogens with zero attached hydrogens (tertiary/aromatic N) is 3. The number of aromatic nitrogens is 2. The molecule has 1 aliphatic heterocycles. The van der Waals surface area contributed by atoms with E-state index in [2.05, 4.69) is 4.90 Å². The van der Waals surface area contributed by atoms with E-state index in [-0.39, 0.29) is 11.7 Å². The van der Waals surface area contributed by atoms with Crippen LogP contribution in [0.2, 0.25) is 0 Å². The first-order valence-corrected chi connectivity index (χ1v) is 10.3. The summed E-state index contributed by atoms with van der Waals surface area (Å²) in [6.45, 7) is 1.36. The maximum atomic E-state index is 14.6. The Bertz CT molecular complexity index is 1290. The van der Waals surface area contributed by atoms with Gasteiger partial charge < -0.3 is 14.4 Å². The highest BCUT2D eigenvalue weighted by Gasteiger charge is 2.30. The number of ether oxygens (including phenoxy) is 2. The highest BCUT2D eigenvalue weighted by atomic mass is 19.2. The van der Waals surface area contributed by atoms with Gasteiger partial charge in [-0.1, -0.05) is 42.5 Å². The van der Waals surface area contributed by atoms with Crippen LogP contribution in [0.1, 0.15) is 0 Å². The normalized spacial score (nSPS) is 13.9. The monoisotopic (exact) mass is 433 g/mol. The quantitative estimate of drug-likeness (QED) is 0.439. The van der Waals surface area contributed by atoms with Crippen molar-refractivity contribution < 1.29 is 18.3 Å². The van der Waals surface area contributed by atoms with Crippen molar-refractivity contribution in [2.24, 2.45) is 0 Å². The van der Waals surface area contributed by atoms with E-state index in [0.717, 1.165) is 11.6 Å². The lowest BCUT2D eigenvalue weighted by atomic mass is 10.0. The van der Waals surface area contributed by atoms with E-state index in [9.17, 15) is 8.78 Å². The standard InChI is InChI=1S/C25H21F2N3O2/c1-31-17-13-30(14-17)25-19-11-16(18-9-6-10-20(26)22(18)27)12-21(32-2)23(19)28-24(29-25)15-7-4-3-5-8-15/h3-12,17H,13-14H2,1-2H3. The smallest absolute Gasteiger partial charge is 0.166 e. The van der Waals surface area contributed by atoms with Gasteiger partial charge in [0.2, 0.25) is 0 Å². The number of hydrogen-bond acceptors (Lipinski definition) is 5. The summed E-state index contributed by atoms with van der Waals surface area (Å²) < 4.78 is 39.5. The predicted octanol–water partition coefficient (Wildman–Crippen LogP) is 5.09. The van der Waals surface area contributed by atoms with Gasteiger partial charge in [0.15, 0.2) is 17.5 Å². The number of halogens is 2. The number of methoxy groups -OCH3 is 2. The third-order valence-corrected chi connectivity index (χ3v) is 5.74. The molecule has 0 bridgehead atoms. The largest absolute Gasteiger partial charge is 0.494 e. The Morgan fingerprint density at radius 2 is 1.69 bits per heavy atom. The molecule has 4 aromatic rings. The summed E-state index contributed by atoms with van der Waals surface area (Å²) >= 11 is 0. The summed E-state index contributed by atoms with van der Waals surface area (Å²) in [6, 6.07) is 17.3. The molecule has 3 aromatic carbocycles. The van der Waals surface area contributed by atoms with E-state index < -0.39 is 11.6 Å². The minimum Gasteiger partial charge on any atom is -0.494 e. The van der Waals surface area contributed by atoms with Crippen LogP contribution in [0, 0.1) is 11.6 Å². The lowest BCUT2D eigenvalue weighted by Gasteiger charge is -2.39. The average molecular weight is 433 g/mol. The first-order valence-electron chi connectivity index (χ1n) is 10.3. The molecule has 0 unspecified atom stereocenters. The van der Waals surface area contributed by atoms with Gasteiger partial charge in [-0.05, 0) is 23.8 Å². The zero-order valence-electron chi connectivity index (χ0n) is 17.7. The van der Waals surface area contributed by atoms with Crippen molar-refractivity contribution in [3.05, 3.63) is 72.3 Å². The molecule has 0 spiro atoms. The summed E-state index contributed by atoms with van der Waals surface area (Å²) in [4.78, 5) is 11.7. The third-order valence-electron chi connectivity index (χ3n) is 5.74. The fraction of sp³-hybridized carbons (Fsp3) is 0.200. The third kappa shape index (κ3) is 3.44. The molecular weight excluding hydrogens is 412 g/mol. The average Bonchev–Trinajstić information content (AvgIpc) is 2.80. The SMILES string of the molecule is COc1cc(-c2cccc(F)c2F)cc2c(N3CC(OC)C3)nc(-c3ccccc3)nc12. The Morgan fingerprint density at radius 1 is 0.906 bits per heavy atom. The van der Waals surface area contributed by atoms with Crippen LogP contribution in [0.4, 0.5) is 14.6 Å². The predicted molar refractivity (Wildman–Crippen MR) is 120 cm³/mol. The lowest BCUT2D eigenvalue weighted by Crippen LogP contribution is -2.52. The second-order valence-corrected chi connectivity index (χ2v) is 7.68. The highest BCUT2D eigenvalue weighted by molar-refractivity contribution is 5.98. The van der Waals surface area contributed by atoms with Crippen LogP contribution in [-0.4, -0.2) is 43.4 Å². The molecule has 1 aromatic heterocycles. The molecule has 0 saturated carbocycles. The maximum absolute atomic E-state index is 14.6. The molecule has 2 heterocycles.